The summed E-state index contributed by atoms with van der Waals surface area (Å²) < 4.78 is 11.1. The van der Waals surface area contributed by atoms with Crippen LogP contribution < -0.4 is 14.8 Å². The SMILES string of the molecule is COc1ccc(NCc2cccc(OCc3cccc(C)c3)c2)cc1Cl. The van der Waals surface area contributed by atoms with Crippen LogP contribution in [0.3, 0.4) is 0 Å². The Morgan fingerprint density at radius 1 is 0.923 bits per heavy atom. The second kappa shape index (κ2) is 8.63. The van der Waals surface area contributed by atoms with Gasteiger partial charge in [-0.2, -0.15) is 0 Å². The van der Waals surface area contributed by atoms with Gasteiger partial charge in [0.2, 0.25) is 0 Å². The second-order valence-electron chi connectivity index (χ2n) is 6.13. The number of aryl methyl sites for hydroxylation is 1. The summed E-state index contributed by atoms with van der Waals surface area (Å²) in [6.07, 6.45) is 0. The Morgan fingerprint density at radius 3 is 2.50 bits per heavy atom. The minimum absolute atomic E-state index is 0.562. The molecule has 0 fully saturated rings. The van der Waals surface area contributed by atoms with Crippen LogP contribution in [0.1, 0.15) is 16.7 Å². The Morgan fingerprint density at radius 2 is 1.73 bits per heavy atom. The minimum Gasteiger partial charge on any atom is -0.495 e. The summed E-state index contributed by atoms with van der Waals surface area (Å²) in [5, 5.41) is 3.96. The summed E-state index contributed by atoms with van der Waals surface area (Å²) >= 11 is 6.16. The molecule has 0 spiro atoms. The van der Waals surface area contributed by atoms with E-state index in [1.807, 2.05) is 42.5 Å². The Balaban J connectivity index is 1.59. The van der Waals surface area contributed by atoms with Gasteiger partial charge in [0.05, 0.1) is 12.1 Å². The summed E-state index contributed by atoms with van der Waals surface area (Å²) in [4.78, 5) is 0. The van der Waals surface area contributed by atoms with Gasteiger partial charge in [-0.1, -0.05) is 53.6 Å². The van der Waals surface area contributed by atoms with Gasteiger partial charge in [0, 0.05) is 12.2 Å². The lowest BCUT2D eigenvalue weighted by molar-refractivity contribution is 0.306. The van der Waals surface area contributed by atoms with Crippen LogP contribution in [0.15, 0.2) is 66.7 Å². The van der Waals surface area contributed by atoms with Gasteiger partial charge in [-0.25, -0.2) is 0 Å². The smallest absolute Gasteiger partial charge is 0.137 e. The molecule has 0 aliphatic heterocycles. The molecule has 26 heavy (non-hydrogen) atoms. The number of benzene rings is 3. The molecule has 0 saturated heterocycles. The van der Waals surface area contributed by atoms with Gasteiger partial charge < -0.3 is 14.8 Å². The maximum atomic E-state index is 6.16. The zero-order chi connectivity index (χ0) is 18.4. The fourth-order valence-electron chi connectivity index (χ4n) is 2.69. The highest BCUT2D eigenvalue weighted by Gasteiger charge is 2.03. The standard InChI is InChI=1S/C22H22ClNO2/c1-16-5-3-7-18(11-16)15-26-20-8-4-6-17(12-20)14-24-19-9-10-22(25-2)21(23)13-19/h3-13,24H,14-15H2,1-2H3. The molecule has 0 heterocycles. The molecule has 134 valence electrons. The van der Waals surface area contributed by atoms with Crippen LogP contribution in [0.2, 0.25) is 5.02 Å². The van der Waals surface area contributed by atoms with E-state index in [1.54, 1.807) is 7.11 Å². The highest BCUT2D eigenvalue weighted by molar-refractivity contribution is 6.32. The normalized spacial score (nSPS) is 10.4. The molecule has 0 radical (unpaired) electrons. The van der Waals surface area contributed by atoms with E-state index in [2.05, 4.69) is 36.5 Å². The third-order valence-electron chi connectivity index (χ3n) is 4.03. The first-order chi connectivity index (χ1) is 12.6. The van der Waals surface area contributed by atoms with Gasteiger partial charge in [-0.15, -0.1) is 0 Å². The quantitative estimate of drug-likeness (QED) is 0.568. The van der Waals surface area contributed by atoms with Crippen molar-refractivity contribution >= 4 is 17.3 Å². The van der Waals surface area contributed by atoms with E-state index in [4.69, 9.17) is 21.1 Å². The molecule has 3 nitrogen and oxygen atoms in total. The van der Waals surface area contributed by atoms with Gasteiger partial charge in [0.15, 0.2) is 0 Å². The number of hydrogen-bond acceptors (Lipinski definition) is 3. The first kappa shape index (κ1) is 18.2. The van der Waals surface area contributed by atoms with Gasteiger partial charge in [-0.3, -0.25) is 0 Å². The molecule has 3 aromatic rings. The van der Waals surface area contributed by atoms with Crippen LogP contribution >= 0.6 is 11.6 Å². The molecule has 4 heteroatoms. The summed E-state index contributed by atoms with van der Waals surface area (Å²) in [5.41, 5.74) is 4.49. The van der Waals surface area contributed by atoms with Crippen LogP contribution in [0.25, 0.3) is 0 Å². The zero-order valence-electron chi connectivity index (χ0n) is 15.0. The Kier molecular flexibility index (Phi) is 6.03. The average Bonchev–Trinajstić information content (AvgIpc) is 2.65. The fourth-order valence-corrected chi connectivity index (χ4v) is 2.95. The Hall–Kier alpha value is -2.65. The van der Waals surface area contributed by atoms with Crippen LogP contribution in [0.5, 0.6) is 11.5 Å². The molecular weight excluding hydrogens is 346 g/mol. The van der Waals surface area contributed by atoms with Crippen molar-refractivity contribution in [3.8, 4) is 11.5 Å². The zero-order valence-corrected chi connectivity index (χ0v) is 15.7. The largest absolute Gasteiger partial charge is 0.495 e. The predicted octanol–water partition coefficient (Wildman–Crippen LogP) is 5.85. The lowest BCUT2D eigenvalue weighted by atomic mass is 10.1. The monoisotopic (exact) mass is 367 g/mol. The molecule has 1 N–H and O–H groups in total. The fraction of sp³-hybridized carbons (Fsp3) is 0.182. The third kappa shape index (κ3) is 4.93. The third-order valence-corrected chi connectivity index (χ3v) is 4.33. The van der Waals surface area contributed by atoms with E-state index in [0.29, 0.717) is 23.9 Å². The molecule has 0 bridgehead atoms. The summed E-state index contributed by atoms with van der Waals surface area (Å²) in [6.45, 7) is 3.33. The molecule has 0 aliphatic rings. The number of halogens is 1. The molecule has 0 amide bonds. The Bertz CT molecular complexity index is 880. The van der Waals surface area contributed by atoms with Gasteiger partial charge in [0.1, 0.15) is 18.1 Å². The topological polar surface area (TPSA) is 30.5 Å². The number of methoxy groups -OCH3 is 1. The van der Waals surface area contributed by atoms with Crippen LogP contribution in [-0.2, 0) is 13.2 Å². The maximum absolute atomic E-state index is 6.16. The van der Waals surface area contributed by atoms with Crippen molar-refractivity contribution in [1.82, 2.24) is 0 Å². The lowest BCUT2D eigenvalue weighted by Gasteiger charge is -2.11. The number of rotatable bonds is 7. The average molecular weight is 368 g/mol. The number of nitrogens with one attached hydrogen (secondary N) is 1. The summed E-state index contributed by atoms with van der Waals surface area (Å²) in [7, 11) is 1.61. The number of anilines is 1. The van der Waals surface area contributed by atoms with E-state index in [-0.39, 0.29) is 0 Å². The predicted molar refractivity (Wildman–Crippen MR) is 107 cm³/mol. The van der Waals surface area contributed by atoms with Crippen LogP contribution in [0.4, 0.5) is 5.69 Å². The van der Waals surface area contributed by atoms with Crippen molar-refractivity contribution in [3.63, 3.8) is 0 Å². The van der Waals surface area contributed by atoms with Crippen molar-refractivity contribution in [2.75, 3.05) is 12.4 Å². The number of hydrogen-bond donors (Lipinski definition) is 1. The van der Waals surface area contributed by atoms with Crippen molar-refractivity contribution in [1.29, 1.82) is 0 Å². The van der Waals surface area contributed by atoms with Crippen molar-refractivity contribution in [3.05, 3.63) is 88.4 Å². The Labute approximate surface area is 159 Å². The number of ether oxygens (including phenoxy) is 2. The van der Waals surface area contributed by atoms with E-state index < -0.39 is 0 Å². The molecule has 0 saturated carbocycles. The molecule has 3 rings (SSSR count). The van der Waals surface area contributed by atoms with Gasteiger partial charge >= 0.3 is 0 Å². The molecule has 0 aromatic heterocycles. The lowest BCUT2D eigenvalue weighted by Crippen LogP contribution is -2.01. The molecule has 3 aromatic carbocycles. The van der Waals surface area contributed by atoms with E-state index in [1.165, 1.54) is 11.1 Å². The second-order valence-corrected chi connectivity index (χ2v) is 6.54. The van der Waals surface area contributed by atoms with Crippen molar-refractivity contribution in [2.45, 2.75) is 20.1 Å². The van der Waals surface area contributed by atoms with E-state index >= 15 is 0 Å². The van der Waals surface area contributed by atoms with E-state index in [0.717, 1.165) is 17.0 Å². The molecule has 0 atom stereocenters. The first-order valence-corrected chi connectivity index (χ1v) is 8.86. The van der Waals surface area contributed by atoms with Crippen molar-refractivity contribution in [2.24, 2.45) is 0 Å². The summed E-state index contributed by atoms with van der Waals surface area (Å²) in [5.74, 6) is 1.53. The van der Waals surface area contributed by atoms with E-state index in [9.17, 15) is 0 Å². The molecular formula is C22H22ClNO2. The highest BCUT2D eigenvalue weighted by Crippen LogP contribution is 2.27. The first-order valence-electron chi connectivity index (χ1n) is 8.49. The van der Waals surface area contributed by atoms with Gasteiger partial charge in [0.25, 0.3) is 0 Å². The molecule has 0 aliphatic carbocycles. The summed E-state index contributed by atoms with van der Waals surface area (Å²) in [6, 6.07) is 22.1. The van der Waals surface area contributed by atoms with Crippen molar-refractivity contribution < 1.29 is 9.47 Å². The maximum Gasteiger partial charge on any atom is 0.137 e. The van der Waals surface area contributed by atoms with Gasteiger partial charge in [-0.05, 0) is 48.4 Å². The van der Waals surface area contributed by atoms with Crippen LogP contribution in [-0.4, -0.2) is 7.11 Å². The molecule has 0 unspecified atom stereocenters. The van der Waals surface area contributed by atoms with Crippen LogP contribution in [0, 0.1) is 6.92 Å². The highest BCUT2D eigenvalue weighted by atomic mass is 35.5. The minimum atomic E-state index is 0.562.